The maximum Gasteiger partial charge on any atom is 0.315 e. The molecule has 0 aliphatic heterocycles. The second-order valence-electron chi connectivity index (χ2n) is 6.25. The van der Waals surface area contributed by atoms with Gasteiger partial charge >= 0.3 is 5.97 Å². The molecule has 4 heteroatoms. The van der Waals surface area contributed by atoms with Crippen LogP contribution < -0.4 is 0 Å². The minimum absolute atomic E-state index is 0.127. The van der Waals surface area contributed by atoms with Crippen molar-refractivity contribution in [1.29, 1.82) is 0 Å². The highest BCUT2D eigenvalue weighted by molar-refractivity contribution is 5.76. The zero-order valence-corrected chi connectivity index (χ0v) is 13.1. The lowest BCUT2D eigenvalue weighted by Gasteiger charge is -2.32. The Balaban J connectivity index is 2.29. The molecule has 0 radical (unpaired) electrons. The van der Waals surface area contributed by atoms with E-state index in [0.717, 1.165) is 29.6 Å². The van der Waals surface area contributed by atoms with Crippen LogP contribution in [0, 0.1) is 17.8 Å². The summed E-state index contributed by atoms with van der Waals surface area (Å²) in [6.07, 6.45) is 4.62. The molecule has 4 atom stereocenters. The van der Waals surface area contributed by atoms with Gasteiger partial charge in [0, 0.05) is 5.92 Å². The van der Waals surface area contributed by atoms with Crippen LogP contribution >= 0.6 is 0 Å². The Bertz CT molecular complexity index is 527. The molecule has 2 N–H and O–H groups in total. The first-order valence-electron chi connectivity index (χ1n) is 7.39. The van der Waals surface area contributed by atoms with Crippen LogP contribution in [0.1, 0.15) is 33.6 Å². The van der Waals surface area contributed by atoms with E-state index in [0.29, 0.717) is 5.76 Å². The smallest absolute Gasteiger partial charge is 0.315 e. The van der Waals surface area contributed by atoms with Crippen LogP contribution in [0.2, 0.25) is 0 Å². The normalized spacial score (nSPS) is 33.4. The summed E-state index contributed by atoms with van der Waals surface area (Å²) in [5, 5.41) is 20.1. The van der Waals surface area contributed by atoms with E-state index in [-0.39, 0.29) is 11.8 Å². The fourth-order valence-electron chi connectivity index (χ4n) is 3.34. The molecule has 4 unspecified atom stereocenters. The van der Waals surface area contributed by atoms with Gasteiger partial charge in [0.1, 0.15) is 5.92 Å². The number of hydrogen-bond acceptors (Lipinski definition) is 4. The predicted molar refractivity (Wildman–Crippen MR) is 80.6 cm³/mol. The van der Waals surface area contributed by atoms with Crippen molar-refractivity contribution in [2.24, 2.45) is 17.8 Å². The van der Waals surface area contributed by atoms with Gasteiger partial charge in [0.25, 0.3) is 0 Å². The van der Waals surface area contributed by atoms with Gasteiger partial charge in [-0.1, -0.05) is 19.1 Å². The highest BCUT2D eigenvalue weighted by Gasteiger charge is 2.34. The molecule has 2 rings (SSSR count). The van der Waals surface area contributed by atoms with Gasteiger partial charge in [-0.25, -0.2) is 0 Å². The SMILES string of the molecule is COC(=O)C1C=C(C2CC(C)=C(O)C(C)C2)C=C(C)C1O. The second kappa shape index (κ2) is 6.06. The molecule has 0 amide bonds. The van der Waals surface area contributed by atoms with Crippen molar-refractivity contribution in [2.75, 3.05) is 7.11 Å². The Kier molecular flexibility index (Phi) is 4.57. The van der Waals surface area contributed by atoms with E-state index in [1.807, 2.05) is 32.9 Å². The van der Waals surface area contributed by atoms with Crippen molar-refractivity contribution in [3.8, 4) is 0 Å². The summed E-state index contributed by atoms with van der Waals surface area (Å²) in [4.78, 5) is 11.8. The molecular weight excluding hydrogens is 268 g/mol. The third kappa shape index (κ3) is 3.05. The number of aliphatic hydroxyl groups is 2. The topological polar surface area (TPSA) is 66.8 Å². The van der Waals surface area contributed by atoms with E-state index in [1.54, 1.807) is 0 Å². The first-order chi connectivity index (χ1) is 9.85. The number of carbonyl (C=O) groups excluding carboxylic acids is 1. The van der Waals surface area contributed by atoms with Crippen LogP contribution in [0.5, 0.6) is 0 Å². The molecule has 116 valence electrons. The van der Waals surface area contributed by atoms with Gasteiger partial charge in [0.2, 0.25) is 0 Å². The number of esters is 1. The lowest BCUT2D eigenvalue weighted by Crippen LogP contribution is -2.32. The van der Waals surface area contributed by atoms with Gasteiger partial charge in [-0.05, 0) is 49.3 Å². The number of allylic oxidation sites excluding steroid dienone is 4. The Morgan fingerprint density at radius 1 is 1.38 bits per heavy atom. The Hall–Kier alpha value is -1.55. The number of methoxy groups -OCH3 is 1. The van der Waals surface area contributed by atoms with Crippen LogP contribution in [0.25, 0.3) is 0 Å². The van der Waals surface area contributed by atoms with Gasteiger partial charge < -0.3 is 14.9 Å². The molecule has 0 aromatic rings. The van der Waals surface area contributed by atoms with Gasteiger partial charge in [-0.3, -0.25) is 4.79 Å². The van der Waals surface area contributed by atoms with Gasteiger partial charge in [0.15, 0.2) is 0 Å². The number of rotatable bonds is 2. The largest absolute Gasteiger partial charge is 0.512 e. The number of hydrogen-bond donors (Lipinski definition) is 2. The first kappa shape index (κ1) is 15.8. The molecule has 21 heavy (non-hydrogen) atoms. The zero-order valence-electron chi connectivity index (χ0n) is 13.1. The second-order valence-corrected chi connectivity index (χ2v) is 6.25. The number of ether oxygens (including phenoxy) is 1. The minimum Gasteiger partial charge on any atom is -0.512 e. The fourth-order valence-corrected chi connectivity index (χ4v) is 3.34. The Morgan fingerprint density at radius 2 is 2.05 bits per heavy atom. The van der Waals surface area contributed by atoms with E-state index in [9.17, 15) is 15.0 Å². The van der Waals surface area contributed by atoms with Crippen LogP contribution in [0.15, 0.2) is 34.6 Å². The van der Waals surface area contributed by atoms with Crippen molar-refractivity contribution < 1.29 is 19.7 Å². The summed E-state index contributed by atoms with van der Waals surface area (Å²) in [6, 6.07) is 0. The minimum atomic E-state index is -0.813. The molecule has 0 saturated heterocycles. The van der Waals surface area contributed by atoms with E-state index in [2.05, 4.69) is 0 Å². The summed E-state index contributed by atoms with van der Waals surface area (Å²) in [5.74, 6) is -0.156. The molecule has 2 aliphatic rings. The third-order valence-electron chi connectivity index (χ3n) is 4.61. The maximum atomic E-state index is 11.8. The van der Waals surface area contributed by atoms with E-state index >= 15 is 0 Å². The van der Waals surface area contributed by atoms with E-state index < -0.39 is 18.0 Å². The Labute approximate surface area is 125 Å². The van der Waals surface area contributed by atoms with Gasteiger partial charge in [-0.15, -0.1) is 0 Å². The molecule has 0 saturated carbocycles. The summed E-state index contributed by atoms with van der Waals surface area (Å²) in [7, 11) is 1.34. The van der Waals surface area contributed by atoms with Crippen molar-refractivity contribution >= 4 is 5.97 Å². The lowest BCUT2D eigenvalue weighted by molar-refractivity contribution is -0.146. The molecule has 0 heterocycles. The van der Waals surface area contributed by atoms with Gasteiger partial charge in [-0.2, -0.15) is 0 Å². The van der Waals surface area contributed by atoms with Crippen LogP contribution in [-0.2, 0) is 9.53 Å². The molecule has 0 fully saturated rings. The average molecular weight is 292 g/mol. The van der Waals surface area contributed by atoms with E-state index in [4.69, 9.17) is 4.74 Å². The number of carbonyl (C=O) groups is 1. The molecule has 0 aromatic carbocycles. The van der Waals surface area contributed by atoms with Crippen molar-refractivity contribution in [3.05, 3.63) is 34.6 Å². The van der Waals surface area contributed by atoms with Crippen LogP contribution in [0.3, 0.4) is 0 Å². The summed E-state index contributed by atoms with van der Waals surface area (Å²) in [6.45, 7) is 5.79. The average Bonchev–Trinajstić information content (AvgIpc) is 2.46. The number of aliphatic hydroxyl groups excluding tert-OH is 2. The lowest BCUT2D eigenvalue weighted by atomic mass is 9.74. The standard InChI is InChI=1S/C17H24O4/c1-9-5-12(6-10(2)15(9)18)13-7-11(3)16(19)14(8-13)17(20)21-4/h7-9,12,14,16,18-19H,5-6H2,1-4H3. The summed E-state index contributed by atoms with van der Waals surface area (Å²) < 4.78 is 4.78. The van der Waals surface area contributed by atoms with Crippen molar-refractivity contribution in [1.82, 2.24) is 0 Å². The van der Waals surface area contributed by atoms with Gasteiger partial charge in [0.05, 0.1) is 19.0 Å². The molecule has 0 spiro atoms. The zero-order chi connectivity index (χ0) is 15.7. The highest BCUT2D eigenvalue weighted by Crippen LogP contribution is 2.39. The highest BCUT2D eigenvalue weighted by atomic mass is 16.5. The van der Waals surface area contributed by atoms with Crippen molar-refractivity contribution in [2.45, 2.75) is 39.7 Å². The monoisotopic (exact) mass is 292 g/mol. The molecular formula is C17H24O4. The van der Waals surface area contributed by atoms with Crippen LogP contribution in [-0.4, -0.2) is 29.4 Å². The van der Waals surface area contributed by atoms with Crippen LogP contribution in [0.4, 0.5) is 0 Å². The molecule has 2 aliphatic carbocycles. The van der Waals surface area contributed by atoms with Crippen molar-refractivity contribution in [3.63, 3.8) is 0 Å². The third-order valence-corrected chi connectivity index (χ3v) is 4.61. The fraction of sp³-hybridized carbons (Fsp3) is 0.588. The maximum absolute atomic E-state index is 11.8. The molecule has 0 bridgehead atoms. The quantitative estimate of drug-likeness (QED) is 0.768. The Morgan fingerprint density at radius 3 is 2.62 bits per heavy atom. The first-order valence-corrected chi connectivity index (χ1v) is 7.39. The van der Waals surface area contributed by atoms with E-state index in [1.165, 1.54) is 7.11 Å². The molecule has 4 nitrogen and oxygen atoms in total. The molecule has 0 aromatic heterocycles. The summed E-state index contributed by atoms with van der Waals surface area (Å²) in [5.41, 5.74) is 2.85. The summed E-state index contributed by atoms with van der Waals surface area (Å²) >= 11 is 0. The predicted octanol–water partition coefficient (Wildman–Crippen LogP) is 2.90.